The first-order valence-electron chi connectivity index (χ1n) is 9.45. The summed E-state index contributed by atoms with van der Waals surface area (Å²) in [5, 5.41) is 4.49. The van der Waals surface area contributed by atoms with Gasteiger partial charge in [-0.3, -0.25) is 14.5 Å². The molecule has 6 nitrogen and oxygen atoms in total. The lowest BCUT2D eigenvalue weighted by molar-refractivity contribution is 0.0717. The number of rotatable bonds is 8. The molecule has 0 atom stereocenters. The molecular weight excluding hydrogens is 352 g/mol. The molecule has 0 aliphatic rings. The minimum atomic E-state index is -0.0555. The summed E-state index contributed by atoms with van der Waals surface area (Å²) in [5.74, 6) is 0.715. The number of pyridine rings is 1. The first-order chi connectivity index (χ1) is 13.6. The number of aryl methyl sites for hydroxylation is 2. The Morgan fingerprint density at radius 3 is 2.61 bits per heavy atom. The molecule has 0 bridgehead atoms. The number of nitrogens with zero attached hydrogens (tertiary/aromatic N) is 4. The van der Waals surface area contributed by atoms with E-state index < -0.39 is 0 Å². The van der Waals surface area contributed by atoms with Crippen LogP contribution >= 0.6 is 0 Å². The number of methoxy groups -OCH3 is 1. The molecule has 1 aromatic carbocycles. The second-order valence-corrected chi connectivity index (χ2v) is 6.72. The van der Waals surface area contributed by atoms with Crippen molar-refractivity contribution in [2.75, 3.05) is 7.11 Å². The molecule has 0 fully saturated rings. The highest BCUT2D eigenvalue weighted by Crippen LogP contribution is 2.22. The highest BCUT2D eigenvalue weighted by atomic mass is 16.5. The smallest absolute Gasteiger partial charge is 0.272 e. The van der Waals surface area contributed by atoms with E-state index in [9.17, 15) is 4.79 Å². The van der Waals surface area contributed by atoms with Crippen LogP contribution < -0.4 is 4.74 Å². The fourth-order valence-electron chi connectivity index (χ4n) is 3.21. The summed E-state index contributed by atoms with van der Waals surface area (Å²) < 4.78 is 7.15. The van der Waals surface area contributed by atoms with E-state index in [0.717, 1.165) is 35.4 Å². The molecule has 0 saturated heterocycles. The van der Waals surface area contributed by atoms with Crippen LogP contribution in [0.4, 0.5) is 0 Å². The van der Waals surface area contributed by atoms with E-state index in [-0.39, 0.29) is 5.91 Å². The van der Waals surface area contributed by atoms with Crippen LogP contribution in [0.3, 0.4) is 0 Å². The molecule has 6 heteroatoms. The minimum Gasteiger partial charge on any atom is -0.496 e. The van der Waals surface area contributed by atoms with Crippen LogP contribution in [-0.2, 0) is 26.6 Å². The fraction of sp³-hybridized carbons (Fsp3) is 0.318. The molecule has 0 N–H and O–H groups in total. The Hall–Kier alpha value is -3.15. The van der Waals surface area contributed by atoms with Gasteiger partial charge < -0.3 is 9.64 Å². The van der Waals surface area contributed by atoms with Gasteiger partial charge in [-0.25, -0.2) is 0 Å². The van der Waals surface area contributed by atoms with Crippen molar-refractivity contribution in [3.05, 3.63) is 77.4 Å². The molecule has 2 aromatic heterocycles. The summed E-state index contributed by atoms with van der Waals surface area (Å²) in [5.41, 5.74) is 3.51. The number of para-hydroxylation sites is 1. The van der Waals surface area contributed by atoms with Crippen LogP contribution in [0.5, 0.6) is 5.75 Å². The van der Waals surface area contributed by atoms with Gasteiger partial charge in [-0.05, 0) is 36.2 Å². The maximum absolute atomic E-state index is 13.4. The topological polar surface area (TPSA) is 60.3 Å². The second-order valence-electron chi connectivity index (χ2n) is 6.72. The molecule has 3 rings (SSSR count). The molecule has 1 amide bonds. The SMILES string of the molecule is CCCc1cc(C(=O)N(Cc2ccncc2)Cc2ccccc2OC)n(C)n1. The molecule has 0 aliphatic heterocycles. The highest BCUT2D eigenvalue weighted by Gasteiger charge is 2.22. The largest absolute Gasteiger partial charge is 0.496 e. The summed E-state index contributed by atoms with van der Waals surface area (Å²) in [6, 6.07) is 13.5. The Labute approximate surface area is 165 Å². The van der Waals surface area contributed by atoms with Gasteiger partial charge in [-0.1, -0.05) is 31.5 Å². The van der Waals surface area contributed by atoms with Gasteiger partial charge in [0.15, 0.2) is 0 Å². The average Bonchev–Trinajstić information content (AvgIpc) is 3.08. The van der Waals surface area contributed by atoms with E-state index >= 15 is 0 Å². The number of amides is 1. The van der Waals surface area contributed by atoms with Crippen LogP contribution in [0.25, 0.3) is 0 Å². The van der Waals surface area contributed by atoms with Crippen molar-refractivity contribution in [3.63, 3.8) is 0 Å². The number of ether oxygens (including phenoxy) is 1. The summed E-state index contributed by atoms with van der Waals surface area (Å²) in [7, 11) is 3.46. The first-order valence-corrected chi connectivity index (χ1v) is 9.45. The van der Waals surface area contributed by atoms with Gasteiger partial charge in [0.25, 0.3) is 5.91 Å². The molecule has 3 aromatic rings. The van der Waals surface area contributed by atoms with Crippen molar-refractivity contribution in [2.24, 2.45) is 7.05 Å². The van der Waals surface area contributed by atoms with Gasteiger partial charge >= 0.3 is 0 Å². The lowest BCUT2D eigenvalue weighted by Crippen LogP contribution is -2.31. The van der Waals surface area contributed by atoms with Crippen molar-refractivity contribution in [2.45, 2.75) is 32.9 Å². The Morgan fingerprint density at radius 1 is 1.14 bits per heavy atom. The van der Waals surface area contributed by atoms with Gasteiger partial charge in [-0.2, -0.15) is 5.10 Å². The standard InChI is InChI=1S/C22H26N4O2/c1-4-7-19-14-20(25(2)24-19)22(27)26(15-17-10-12-23-13-11-17)16-18-8-5-6-9-21(18)28-3/h5-6,8-14H,4,7,15-16H2,1-3H3. The fourth-order valence-corrected chi connectivity index (χ4v) is 3.21. The van der Waals surface area contributed by atoms with Crippen molar-refractivity contribution < 1.29 is 9.53 Å². The van der Waals surface area contributed by atoms with Crippen molar-refractivity contribution in [3.8, 4) is 5.75 Å². The maximum Gasteiger partial charge on any atom is 0.272 e. The maximum atomic E-state index is 13.4. The zero-order chi connectivity index (χ0) is 19.9. The normalized spacial score (nSPS) is 10.7. The van der Waals surface area contributed by atoms with Gasteiger partial charge in [0, 0.05) is 31.5 Å². The number of aromatic nitrogens is 3. The zero-order valence-corrected chi connectivity index (χ0v) is 16.6. The van der Waals surface area contributed by atoms with Crippen molar-refractivity contribution in [1.29, 1.82) is 0 Å². The predicted octanol–water partition coefficient (Wildman–Crippen LogP) is 3.62. The van der Waals surface area contributed by atoms with E-state index in [4.69, 9.17) is 4.74 Å². The van der Waals surface area contributed by atoms with Crippen molar-refractivity contribution >= 4 is 5.91 Å². The molecule has 0 radical (unpaired) electrons. The second kappa shape index (κ2) is 9.17. The molecule has 0 aliphatic carbocycles. The monoisotopic (exact) mass is 378 g/mol. The highest BCUT2D eigenvalue weighted by molar-refractivity contribution is 5.92. The summed E-state index contributed by atoms with van der Waals surface area (Å²) >= 11 is 0. The Bertz CT molecular complexity index is 921. The molecule has 146 valence electrons. The van der Waals surface area contributed by atoms with E-state index in [1.165, 1.54) is 0 Å². The summed E-state index contributed by atoms with van der Waals surface area (Å²) in [6.07, 6.45) is 5.33. The van der Waals surface area contributed by atoms with Gasteiger partial charge in [-0.15, -0.1) is 0 Å². The van der Waals surface area contributed by atoms with Crippen LogP contribution in [0.1, 0.15) is 40.7 Å². The molecule has 0 unspecified atom stereocenters. The van der Waals surface area contributed by atoms with Crippen LogP contribution in [-0.4, -0.2) is 32.7 Å². The predicted molar refractivity (Wildman–Crippen MR) is 108 cm³/mol. The Morgan fingerprint density at radius 2 is 1.89 bits per heavy atom. The number of hydrogen-bond donors (Lipinski definition) is 0. The molecule has 2 heterocycles. The number of carbonyl (C=O) groups is 1. The Balaban J connectivity index is 1.92. The van der Waals surface area contributed by atoms with Gasteiger partial charge in [0.05, 0.1) is 19.3 Å². The zero-order valence-electron chi connectivity index (χ0n) is 16.6. The van der Waals surface area contributed by atoms with E-state index in [0.29, 0.717) is 18.8 Å². The third-order valence-corrected chi connectivity index (χ3v) is 4.62. The lowest BCUT2D eigenvalue weighted by atomic mass is 10.1. The van der Waals surface area contributed by atoms with E-state index in [1.807, 2.05) is 54.4 Å². The van der Waals surface area contributed by atoms with Crippen LogP contribution in [0.2, 0.25) is 0 Å². The molecule has 28 heavy (non-hydrogen) atoms. The van der Waals surface area contributed by atoms with Crippen molar-refractivity contribution in [1.82, 2.24) is 19.7 Å². The number of carbonyl (C=O) groups excluding carboxylic acids is 1. The molecule has 0 saturated carbocycles. The number of benzene rings is 1. The number of hydrogen-bond acceptors (Lipinski definition) is 4. The summed E-state index contributed by atoms with van der Waals surface area (Å²) in [4.78, 5) is 19.3. The lowest BCUT2D eigenvalue weighted by Gasteiger charge is -2.24. The minimum absolute atomic E-state index is 0.0555. The van der Waals surface area contributed by atoms with Crippen LogP contribution in [0.15, 0.2) is 54.9 Å². The summed E-state index contributed by atoms with van der Waals surface area (Å²) in [6.45, 7) is 3.03. The van der Waals surface area contributed by atoms with Gasteiger partial charge in [0.1, 0.15) is 11.4 Å². The average molecular weight is 378 g/mol. The molecular formula is C22H26N4O2. The quantitative estimate of drug-likeness (QED) is 0.601. The van der Waals surface area contributed by atoms with E-state index in [2.05, 4.69) is 17.0 Å². The third-order valence-electron chi connectivity index (χ3n) is 4.62. The molecule has 0 spiro atoms. The first kappa shape index (κ1) is 19.6. The Kier molecular flexibility index (Phi) is 6.42. The van der Waals surface area contributed by atoms with Gasteiger partial charge in [0.2, 0.25) is 0 Å². The van der Waals surface area contributed by atoms with E-state index in [1.54, 1.807) is 24.2 Å². The van der Waals surface area contributed by atoms with Crippen LogP contribution in [0, 0.1) is 0 Å². The third kappa shape index (κ3) is 4.57.